The first-order chi connectivity index (χ1) is 21.2. The Bertz CT molecular complexity index is 1740. The Hall–Kier alpha value is -5.05. The normalized spacial score (nSPS) is 11.2. The molecule has 8 nitrogen and oxygen atoms in total. The van der Waals surface area contributed by atoms with Gasteiger partial charge >= 0.3 is 0 Å². The molecule has 4 rings (SSSR count). The summed E-state index contributed by atoms with van der Waals surface area (Å²) in [5.74, 6) is -0.145. The summed E-state index contributed by atoms with van der Waals surface area (Å²) in [6.07, 6.45) is 4.45. The van der Waals surface area contributed by atoms with Crippen LogP contribution in [0.3, 0.4) is 0 Å². The van der Waals surface area contributed by atoms with E-state index in [0.717, 1.165) is 0 Å². The lowest BCUT2D eigenvalue weighted by Gasteiger charge is -2.15. The number of anilines is 1. The number of halogens is 2. The molecule has 4 aromatic carbocycles. The second-order valence-electron chi connectivity index (χ2n) is 9.20. The van der Waals surface area contributed by atoms with Crippen LogP contribution in [0, 0.1) is 0 Å². The molecule has 4 aromatic rings. The zero-order valence-corrected chi connectivity index (χ0v) is 25.5. The molecule has 0 heterocycles. The number of carbonyl (C=O) groups excluding carboxylic acids is 3. The first-order valence-corrected chi connectivity index (χ1v) is 14.0. The van der Waals surface area contributed by atoms with Crippen LogP contribution in [0.4, 0.5) is 5.69 Å². The molecular formula is C34H28Cl2N2O6. The van der Waals surface area contributed by atoms with E-state index in [1.807, 2.05) is 0 Å². The monoisotopic (exact) mass is 630 g/mol. The summed E-state index contributed by atoms with van der Waals surface area (Å²) in [7, 11) is 4.46. The minimum absolute atomic E-state index is 0.0640. The van der Waals surface area contributed by atoms with E-state index in [1.165, 1.54) is 33.5 Å². The maximum atomic E-state index is 13.5. The highest BCUT2D eigenvalue weighted by atomic mass is 35.5. The number of ketones is 1. The Morgan fingerprint density at radius 3 is 2.02 bits per heavy atom. The Kier molecular flexibility index (Phi) is 10.8. The molecule has 44 heavy (non-hydrogen) atoms. The Morgan fingerprint density at radius 2 is 1.36 bits per heavy atom. The molecule has 0 saturated carbocycles. The van der Waals surface area contributed by atoms with Gasteiger partial charge in [0.25, 0.3) is 11.8 Å². The van der Waals surface area contributed by atoms with E-state index in [1.54, 1.807) is 91.0 Å². The second-order valence-corrected chi connectivity index (χ2v) is 9.98. The van der Waals surface area contributed by atoms with Crippen molar-refractivity contribution in [2.24, 2.45) is 0 Å². The quantitative estimate of drug-likeness (QED) is 0.133. The lowest BCUT2D eigenvalue weighted by Crippen LogP contribution is -2.30. The van der Waals surface area contributed by atoms with E-state index in [-0.39, 0.29) is 11.5 Å². The lowest BCUT2D eigenvalue weighted by molar-refractivity contribution is -0.113. The van der Waals surface area contributed by atoms with Gasteiger partial charge in [0.15, 0.2) is 17.3 Å². The minimum atomic E-state index is -0.610. The molecule has 0 bridgehead atoms. The van der Waals surface area contributed by atoms with Crippen molar-refractivity contribution in [2.75, 3.05) is 26.6 Å². The van der Waals surface area contributed by atoms with E-state index in [4.69, 9.17) is 37.4 Å². The summed E-state index contributed by atoms with van der Waals surface area (Å²) in [5.41, 5.74) is 2.15. The van der Waals surface area contributed by atoms with Crippen molar-refractivity contribution in [1.29, 1.82) is 0 Å². The molecule has 2 amide bonds. The third-order valence-corrected chi connectivity index (χ3v) is 7.22. The van der Waals surface area contributed by atoms with Gasteiger partial charge in [-0.1, -0.05) is 53.5 Å². The molecule has 0 saturated heterocycles. The van der Waals surface area contributed by atoms with Crippen LogP contribution in [0.1, 0.15) is 31.8 Å². The highest BCUT2D eigenvalue weighted by molar-refractivity contribution is 6.43. The third-order valence-electron chi connectivity index (χ3n) is 6.39. The van der Waals surface area contributed by atoms with Crippen LogP contribution >= 0.6 is 23.2 Å². The standard InChI is InChI=1S/C34H28Cl2N2O6/c1-42-29-20-31(44-3)30(43-2)19-24(29)18-27(38-33(40)23-8-5-4-6-9-23)34(41)37-25-15-12-21(13-16-25)28(39)17-14-22-10-7-11-26(35)32(22)36/h4-20H,1-3H3,(H,37,41)(H,38,40)/b17-14+,27-18-. The molecule has 0 unspecified atom stereocenters. The van der Waals surface area contributed by atoms with Crippen LogP contribution in [-0.2, 0) is 4.79 Å². The number of amides is 2. The van der Waals surface area contributed by atoms with Gasteiger partial charge < -0.3 is 24.8 Å². The highest BCUT2D eigenvalue weighted by Crippen LogP contribution is 2.35. The fourth-order valence-corrected chi connectivity index (χ4v) is 4.46. The fourth-order valence-electron chi connectivity index (χ4n) is 4.09. The van der Waals surface area contributed by atoms with E-state index in [9.17, 15) is 14.4 Å². The number of methoxy groups -OCH3 is 3. The number of nitrogens with one attached hydrogen (secondary N) is 2. The maximum absolute atomic E-state index is 13.5. The van der Waals surface area contributed by atoms with Crippen LogP contribution in [0.25, 0.3) is 12.2 Å². The summed E-state index contributed by atoms with van der Waals surface area (Å²) < 4.78 is 16.2. The predicted molar refractivity (Wildman–Crippen MR) is 173 cm³/mol. The van der Waals surface area contributed by atoms with Gasteiger partial charge in [-0.05, 0) is 72.3 Å². The number of rotatable bonds is 11. The molecule has 0 spiro atoms. The average Bonchev–Trinajstić information content (AvgIpc) is 3.05. The summed E-state index contributed by atoms with van der Waals surface area (Å²) in [4.78, 5) is 39.3. The van der Waals surface area contributed by atoms with Crippen molar-refractivity contribution in [3.8, 4) is 17.2 Å². The molecular weight excluding hydrogens is 603 g/mol. The maximum Gasteiger partial charge on any atom is 0.272 e. The lowest BCUT2D eigenvalue weighted by atomic mass is 10.1. The van der Waals surface area contributed by atoms with Gasteiger partial charge in [-0.25, -0.2) is 0 Å². The molecule has 0 fully saturated rings. The SMILES string of the molecule is COc1cc(OC)c(OC)cc1/C=C(\NC(=O)c1ccccc1)C(=O)Nc1ccc(C(=O)/C=C/c2cccc(Cl)c2Cl)cc1. The van der Waals surface area contributed by atoms with Gasteiger partial charge in [-0.3, -0.25) is 14.4 Å². The van der Waals surface area contributed by atoms with E-state index < -0.39 is 11.8 Å². The van der Waals surface area contributed by atoms with Gasteiger partial charge in [-0.2, -0.15) is 0 Å². The van der Waals surface area contributed by atoms with Crippen molar-refractivity contribution in [2.45, 2.75) is 0 Å². The Morgan fingerprint density at radius 1 is 0.705 bits per heavy atom. The molecule has 0 aliphatic heterocycles. The van der Waals surface area contributed by atoms with E-state index in [0.29, 0.717) is 55.2 Å². The van der Waals surface area contributed by atoms with Crippen LogP contribution in [0.2, 0.25) is 10.0 Å². The van der Waals surface area contributed by atoms with Crippen molar-refractivity contribution in [3.63, 3.8) is 0 Å². The van der Waals surface area contributed by atoms with Crippen molar-refractivity contribution in [1.82, 2.24) is 5.32 Å². The van der Waals surface area contributed by atoms with Crippen molar-refractivity contribution < 1.29 is 28.6 Å². The highest BCUT2D eigenvalue weighted by Gasteiger charge is 2.18. The van der Waals surface area contributed by atoms with Gasteiger partial charge in [0.1, 0.15) is 11.4 Å². The zero-order chi connectivity index (χ0) is 31.6. The van der Waals surface area contributed by atoms with Gasteiger partial charge in [0.2, 0.25) is 0 Å². The molecule has 0 aromatic heterocycles. The molecule has 0 radical (unpaired) electrons. The number of benzene rings is 4. The topological polar surface area (TPSA) is 103 Å². The largest absolute Gasteiger partial charge is 0.496 e. The number of ether oxygens (including phenoxy) is 3. The van der Waals surface area contributed by atoms with Gasteiger partial charge in [0.05, 0.1) is 31.4 Å². The number of allylic oxidation sites excluding steroid dienone is 1. The third kappa shape index (κ3) is 7.86. The number of hydrogen-bond donors (Lipinski definition) is 2. The minimum Gasteiger partial charge on any atom is -0.496 e. The molecule has 2 N–H and O–H groups in total. The van der Waals surface area contributed by atoms with Crippen LogP contribution in [0.5, 0.6) is 17.2 Å². The first-order valence-electron chi connectivity index (χ1n) is 13.2. The fraction of sp³-hybridized carbons (Fsp3) is 0.0882. The molecule has 10 heteroatoms. The predicted octanol–water partition coefficient (Wildman–Crippen LogP) is 7.32. The average molecular weight is 632 g/mol. The van der Waals surface area contributed by atoms with Crippen LogP contribution in [0.15, 0.2) is 96.7 Å². The van der Waals surface area contributed by atoms with E-state index in [2.05, 4.69) is 10.6 Å². The summed E-state index contributed by atoms with van der Waals surface area (Å²) in [6.45, 7) is 0. The Labute approximate surface area is 264 Å². The van der Waals surface area contributed by atoms with Crippen molar-refractivity contribution in [3.05, 3.63) is 129 Å². The number of carbonyl (C=O) groups is 3. The molecule has 0 aliphatic rings. The van der Waals surface area contributed by atoms with Crippen molar-refractivity contribution >= 4 is 58.6 Å². The zero-order valence-electron chi connectivity index (χ0n) is 24.0. The molecule has 224 valence electrons. The summed E-state index contributed by atoms with van der Waals surface area (Å²) in [5, 5.41) is 6.19. The first kappa shape index (κ1) is 31.9. The second kappa shape index (κ2) is 14.9. The smallest absolute Gasteiger partial charge is 0.272 e. The summed E-state index contributed by atoms with van der Waals surface area (Å²) >= 11 is 12.2. The molecule has 0 aliphatic carbocycles. The van der Waals surface area contributed by atoms with Crippen LogP contribution in [-0.4, -0.2) is 38.9 Å². The Balaban J connectivity index is 1.59. The van der Waals surface area contributed by atoms with Crippen LogP contribution < -0.4 is 24.8 Å². The van der Waals surface area contributed by atoms with Gasteiger partial charge in [0, 0.05) is 28.4 Å². The number of hydrogen-bond acceptors (Lipinski definition) is 6. The van der Waals surface area contributed by atoms with E-state index >= 15 is 0 Å². The summed E-state index contributed by atoms with van der Waals surface area (Å²) in [6, 6.07) is 23.2. The molecule has 0 atom stereocenters. The van der Waals surface area contributed by atoms with Gasteiger partial charge in [-0.15, -0.1) is 0 Å².